The number of nitrogens with zero attached hydrogens (tertiary/aromatic N) is 1. The van der Waals surface area contributed by atoms with Crippen LogP contribution < -0.4 is 10.6 Å². The Bertz CT molecular complexity index is 356. The monoisotopic (exact) mass is 251 g/mol. The van der Waals surface area contributed by atoms with E-state index in [9.17, 15) is 0 Å². The molecular weight excluding hydrogens is 230 g/mol. The van der Waals surface area contributed by atoms with E-state index < -0.39 is 0 Å². The quantitative estimate of drug-likeness (QED) is 0.842. The average molecular weight is 251 g/mol. The Hall–Kier alpha value is -0.900. The molecule has 0 aliphatic heterocycles. The molecular formula is C13H21N3S. The molecule has 0 aromatic carbocycles. The maximum atomic E-state index is 4.50. The van der Waals surface area contributed by atoms with Crippen molar-refractivity contribution in [1.29, 1.82) is 0 Å². The molecule has 1 heterocycles. The number of thioether (sulfide) groups is 1. The molecule has 0 radical (unpaired) electrons. The molecule has 3 nitrogen and oxygen atoms in total. The molecule has 0 spiro atoms. The van der Waals surface area contributed by atoms with Crippen molar-refractivity contribution in [1.82, 2.24) is 4.98 Å². The van der Waals surface area contributed by atoms with Crippen molar-refractivity contribution < 1.29 is 0 Å². The van der Waals surface area contributed by atoms with Gasteiger partial charge in [-0.05, 0) is 37.1 Å². The molecule has 1 fully saturated rings. The summed E-state index contributed by atoms with van der Waals surface area (Å²) in [6, 6.07) is 6.66. The Morgan fingerprint density at radius 1 is 1.35 bits per heavy atom. The van der Waals surface area contributed by atoms with Gasteiger partial charge in [-0.2, -0.15) is 11.8 Å². The van der Waals surface area contributed by atoms with Crippen LogP contribution in [0.2, 0.25) is 0 Å². The number of nitrogens with one attached hydrogen (secondary N) is 2. The summed E-state index contributed by atoms with van der Waals surface area (Å²) in [4.78, 5) is 4.50. The third kappa shape index (κ3) is 3.53. The summed E-state index contributed by atoms with van der Waals surface area (Å²) >= 11 is 2.09. The largest absolute Gasteiger partial charge is 0.373 e. The molecule has 2 rings (SSSR count). The highest BCUT2D eigenvalue weighted by molar-refractivity contribution is 7.99. The first-order valence-corrected chi connectivity index (χ1v) is 7.39. The van der Waals surface area contributed by atoms with Crippen molar-refractivity contribution in [3.63, 3.8) is 0 Å². The minimum atomic E-state index is 0.596. The van der Waals surface area contributed by atoms with Crippen molar-refractivity contribution in [2.24, 2.45) is 0 Å². The highest BCUT2D eigenvalue weighted by Crippen LogP contribution is 2.31. The zero-order valence-electron chi connectivity index (χ0n) is 10.6. The van der Waals surface area contributed by atoms with E-state index in [2.05, 4.69) is 34.3 Å². The molecule has 2 N–H and O–H groups in total. The fraction of sp³-hybridized carbons (Fsp3) is 0.615. The molecule has 1 aromatic rings. The van der Waals surface area contributed by atoms with Crippen LogP contribution in [0.1, 0.15) is 26.2 Å². The molecule has 94 valence electrons. The zero-order valence-corrected chi connectivity index (χ0v) is 11.4. The number of rotatable bonds is 5. The van der Waals surface area contributed by atoms with E-state index in [0.717, 1.165) is 16.9 Å². The second-order valence-electron chi connectivity index (χ2n) is 4.39. The van der Waals surface area contributed by atoms with Gasteiger partial charge in [0, 0.05) is 18.3 Å². The first-order valence-electron chi connectivity index (χ1n) is 6.34. The lowest BCUT2D eigenvalue weighted by Gasteiger charge is -2.14. The number of hydrogen-bond acceptors (Lipinski definition) is 4. The van der Waals surface area contributed by atoms with Crippen LogP contribution in [0.25, 0.3) is 0 Å². The van der Waals surface area contributed by atoms with Gasteiger partial charge in [-0.1, -0.05) is 13.0 Å². The van der Waals surface area contributed by atoms with Crippen molar-refractivity contribution in [3.05, 3.63) is 18.2 Å². The predicted octanol–water partition coefficient (Wildman–Crippen LogP) is 3.21. The van der Waals surface area contributed by atoms with Gasteiger partial charge in [0.1, 0.15) is 11.6 Å². The summed E-state index contributed by atoms with van der Waals surface area (Å²) in [5.41, 5.74) is 0. The molecule has 2 unspecified atom stereocenters. The van der Waals surface area contributed by atoms with Gasteiger partial charge in [0.05, 0.1) is 0 Å². The van der Waals surface area contributed by atoms with Gasteiger partial charge in [-0.15, -0.1) is 0 Å². The minimum absolute atomic E-state index is 0.596. The van der Waals surface area contributed by atoms with Gasteiger partial charge in [0.2, 0.25) is 0 Å². The predicted molar refractivity (Wildman–Crippen MR) is 77.0 cm³/mol. The molecule has 2 atom stereocenters. The topological polar surface area (TPSA) is 37.0 Å². The second-order valence-corrected chi connectivity index (χ2v) is 5.97. The Morgan fingerprint density at radius 2 is 2.18 bits per heavy atom. The minimum Gasteiger partial charge on any atom is -0.373 e. The van der Waals surface area contributed by atoms with E-state index in [4.69, 9.17) is 0 Å². The Labute approximate surface area is 108 Å². The van der Waals surface area contributed by atoms with Gasteiger partial charge in [0.15, 0.2) is 0 Å². The number of hydrogen-bond donors (Lipinski definition) is 2. The normalized spacial score (nSPS) is 23.6. The van der Waals surface area contributed by atoms with Crippen LogP contribution in [0.5, 0.6) is 0 Å². The maximum Gasteiger partial charge on any atom is 0.128 e. The zero-order chi connectivity index (χ0) is 12.1. The van der Waals surface area contributed by atoms with E-state index in [1.807, 2.05) is 25.2 Å². The maximum absolute atomic E-state index is 4.50. The van der Waals surface area contributed by atoms with Crippen LogP contribution in [-0.2, 0) is 0 Å². The lowest BCUT2D eigenvalue weighted by Crippen LogP contribution is -2.17. The fourth-order valence-corrected chi connectivity index (χ4v) is 3.46. The van der Waals surface area contributed by atoms with Crippen LogP contribution in [-0.4, -0.2) is 29.1 Å². The smallest absolute Gasteiger partial charge is 0.128 e. The summed E-state index contributed by atoms with van der Waals surface area (Å²) < 4.78 is 0. The molecule has 0 saturated heterocycles. The lowest BCUT2D eigenvalue weighted by molar-refractivity contribution is 0.752. The summed E-state index contributed by atoms with van der Waals surface area (Å²) in [7, 11) is 1.90. The van der Waals surface area contributed by atoms with Gasteiger partial charge >= 0.3 is 0 Å². The SMILES string of the molecule is CCSC1CCC(Nc2cccc(NC)n2)C1. The Kier molecular flexibility index (Phi) is 4.54. The molecule has 4 heteroatoms. The number of aromatic nitrogens is 1. The van der Waals surface area contributed by atoms with Crippen LogP contribution in [0.4, 0.5) is 11.6 Å². The van der Waals surface area contributed by atoms with Crippen LogP contribution in [0, 0.1) is 0 Å². The summed E-state index contributed by atoms with van der Waals surface area (Å²) in [5.74, 6) is 3.14. The Morgan fingerprint density at radius 3 is 2.94 bits per heavy atom. The number of pyridine rings is 1. The van der Waals surface area contributed by atoms with E-state index in [1.165, 1.54) is 25.0 Å². The second kappa shape index (κ2) is 6.15. The van der Waals surface area contributed by atoms with E-state index >= 15 is 0 Å². The van der Waals surface area contributed by atoms with E-state index in [0.29, 0.717) is 6.04 Å². The molecule has 17 heavy (non-hydrogen) atoms. The summed E-state index contributed by atoms with van der Waals surface area (Å²) in [5, 5.41) is 7.44. The Balaban J connectivity index is 1.88. The van der Waals surface area contributed by atoms with Crippen LogP contribution in [0.15, 0.2) is 18.2 Å². The van der Waals surface area contributed by atoms with Gasteiger partial charge in [-0.3, -0.25) is 0 Å². The third-order valence-electron chi connectivity index (χ3n) is 3.14. The summed E-state index contributed by atoms with van der Waals surface area (Å²) in [6.45, 7) is 2.24. The van der Waals surface area contributed by atoms with E-state index in [1.54, 1.807) is 0 Å². The van der Waals surface area contributed by atoms with Crippen molar-refractivity contribution in [2.45, 2.75) is 37.5 Å². The summed E-state index contributed by atoms with van der Waals surface area (Å²) in [6.07, 6.45) is 3.87. The first kappa shape index (κ1) is 12.6. The van der Waals surface area contributed by atoms with Crippen LogP contribution >= 0.6 is 11.8 Å². The molecule has 0 amide bonds. The fourth-order valence-electron chi connectivity index (χ4n) is 2.32. The molecule has 1 saturated carbocycles. The van der Waals surface area contributed by atoms with Crippen molar-refractivity contribution >= 4 is 23.4 Å². The highest BCUT2D eigenvalue weighted by Gasteiger charge is 2.24. The molecule has 0 bridgehead atoms. The van der Waals surface area contributed by atoms with Crippen LogP contribution in [0.3, 0.4) is 0 Å². The van der Waals surface area contributed by atoms with Gasteiger partial charge in [0.25, 0.3) is 0 Å². The highest BCUT2D eigenvalue weighted by atomic mass is 32.2. The molecule has 1 aliphatic carbocycles. The molecule has 1 aliphatic rings. The molecule has 1 aromatic heterocycles. The van der Waals surface area contributed by atoms with E-state index in [-0.39, 0.29) is 0 Å². The van der Waals surface area contributed by atoms with Crippen molar-refractivity contribution in [3.8, 4) is 0 Å². The third-order valence-corrected chi connectivity index (χ3v) is 4.38. The van der Waals surface area contributed by atoms with Crippen molar-refractivity contribution in [2.75, 3.05) is 23.4 Å². The average Bonchev–Trinajstić information content (AvgIpc) is 2.77. The van der Waals surface area contributed by atoms with Gasteiger partial charge in [-0.25, -0.2) is 4.98 Å². The first-order chi connectivity index (χ1) is 8.31. The lowest BCUT2D eigenvalue weighted by atomic mass is 10.2. The number of anilines is 2. The standard InChI is InChI=1S/C13H21N3S/c1-3-17-11-8-7-10(9-11)15-13-6-4-5-12(14-2)16-13/h4-6,10-11H,3,7-9H2,1-2H3,(H2,14,15,16). The van der Waals surface area contributed by atoms with Gasteiger partial charge < -0.3 is 10.6 Å².